The van der Waals surface area contributed by atoms with E-state index in [9.17, 15) is 0 Å². The average molecular weight is 152 g/mol. The zero-order valence-electron chi connectivity index (χ0n) is 7.59. The highest BCUT2D eigenvalue weighted by molar-refractivity contribution is 5.83. The van der Waals surface area contributed by atoms with Crippen LogP contribution in [0.2, 0.25) is 0 Å². The zero-order valence-corrected chi connectivity index (χ0v) is 7.59. The van der Waals surface area contributed by atoms with Gasteiger partial charge in [-0.15, -0.1) is 0 Å². The van der Waals surface area contributed by atoms with Gasteiger partial charge in [-0.25, -0.2) is 4.99 Å². The van der Waals surface area contributed by atoms with Crippen LogP contribution in [0.1, 0.15) is 20.3 Å². The maximum absolute atomic E-state index is 4.24. The van der Waals surface area contributed by atoms with Crippen molar-refractivity contribution in [1.29, 1.82) is 0 Å². The zero-order chi connectivity index (χ0) is 8.85. The average Bonchev–Trinajstić information content (AvgIpc) is 1.98. The molecule has 0 heterocycles. The molecule has 0 N–H and O–H groups in total. The topological polar surface area (TPSA) is 15.6 Å². The molecule has 0 aromatic heterocycles. The second-order valence-corrected chi connectivity index (χ2v) is 2.41. The molecule has 0 aromatic carbocycles. The molecule has 0 bridgehead atoms. The van der Waals surface area contributed by atoms with Gasteiger partial charge in [0.2, 0.25) is 0 Å². The van der Waals surface area contributed by atoms with Crippen molar-refractivity contribution in [3.05, 3.63) is 25.1 Å². The van der Waals surface area contributed by atoms with Gasteiger partial charge >= 0.3 is 0 Å². The molecule has 0 amide bonds. The van der Waals surface area contributed by atoms with Crippen molar-refractivity contribution in [3.8, 4) is 0 Å². The first-order valence-electron chi connectivity index (χ1n) is 3.70. The minimum Gasteiger partial charge on any atom is -0.340 e. The Morgan fingerprint density at radius 2 is 2.18 bits per heavy atom. The highest BCUT2D eigenvalue weighted by Gasteiger charge is 1.98. The van der Waals surface area contributed by atoms with Gasteiger partial charge in [-0.05, 0) is 13.1 Å². The summed E-state index contributed by atoms with van der Waals surface area (Å²) in [7, 11) is 1.93. The first kappa shape index (κ1) is 9.95. The standard InChI is InChI=1S/C9H16N2/c1-6-9(10-8(3)4)11(5)7-2/h7H,2-3,6H2,1,4-5H3. The smallest absolute Gasteiger partial charge is 0.108 e. The molecule has 0 unspecified atom stereocenters. The normalized spacial score (nSPS) is 11.0. The lowest BCUT2D eigenvalue weighted by atomic mass is 10.4. The first-order chi connectivity index (χ1) is 5.11. The fraction of sp³-hybridized carbons (Fsp3) is 0.444. The van der Waals surface area contributed by atoms with Gasteiger partial charge in [-0.1, -0.05) is 20.1 Å². The third kappa shape index (κ3) is 3.61. The fourth-order valence-corrected chi connectivity index (χ4v) is 0.733. The molecule has 2 nitrogen and oxygen atoms in total. The molecule has 0 fully saturated rings. The molecule has 0 aliphatic carbocycles. The predicted octanol–water partition coefficient (Wildman–Crippen LogP) is 2.40. The summed E-state index contributed by atoms with van der Waals surface area (Å²) in [5, 5.41) is 0. The molecule has 11 heavy (non-hydrogen) atoms. The summed E-state index contributed by atoms with van der Waals surface area (Å²) < 4.78 is 0. The van der Waals surface area contributed by atoms with Crippen LogP contribution in [0.5, 0.6) is 0 Å². The van der Waals surface area contributed by atoms with E-state index in [0.29, 0.717) is 0 Å². The van der Waals surface area contributed by atoms with E-state index in [0.717, 1.165) is 18.0 Å². The Balaban J connectivity index is 4.38. The van der Waals surface area contributed by atoms with E-state index < -0.39 is 0 Å². The predicted molar refractivity (Wildman–Crippen MR) is 50.5 cm³/mol. The molecule has 0 spiro atoms. The van der Waals surface area contributed by atoms with Crippen LogP contribution in [-0.4, -0.2) is 17.8 Å². The van der Waals surface area contributed by atoms with Gasteiger partial charge in [-0.3, -0.25) is 0 Å². The van der Waals surface area contributed by atoms with Crippen LogP contribution in [0, 0.1) is 0 Å². The lowest BCUT2D eigenvalue weighted by Gasteiger charge is -2.14. The Morgan fingerprint density at radius 3 is 2.45 bits per heavy atom. The van der Waals surface area contributed by atoms with Gasteiger partial charge in [0.1, 0.15) is 5.84 Å². The third-order valence-corrected chi connectivity index (χ3v) is 1.32. The van der Waals surface area contributed by atoms with Crippen LogP contribution in [-0.2, 0) is 0 Å². The molecular weight excluding hydrogens is 136 g/mol. The second kappa shape index (κ2) is 4.72. The largest absolute Gasteiger partial charge is 0.340 e. The molecule has 0 aromatic rings. The van der Waals surface area contributed by atoms with Crippen molar-refractivity contribution in [1.82, 2.24) is 4.90 Å². The van der Waals surface area contributed by atoms with Gasteiger partial charge in [0.25, 0.3) is 0 Å². The van der Waals surface area contributed by atoms with E-state index in [1.165, 1.54) is 0 Å². The number of hydrogen-bond acceptors (Lipinski definition) is 1. The highest BCUT2D eigenvalue weighted by Crippen LogP contribution is 1.98. The lowest BCUT2D eigenvalue weighted by molar-refractivity contribution is 0.670. The number of rotatable bonds is 3. The van der Waals surface area contributed by atoms with Crippen LogP contribution >= 0.6 is 0 Å². The van der Waals surface area contributed by atoms with Gasteiger partial charge in [0.15, 0.2) is 0 Å². The van der Waals surface area contributed by atoms with E-state index in [1.807, 2.05) is 18.9 Å². The molecule has 0 saturated carbocycles. The molecule has 0 atom stereocenters. The Labute approximate surface area is 68.9 Å². The van der Waals surface area contributed by atoms with Crippen molar-refractivity contribution < 1.29 is 0 Å². The summed E-state index contributed by atoms with van der Waals surface area (Å²) in [6.45, 7) is 11.3. The molecule has 2 heteroatoms. The minimum absolute atomic E-state index is 0.829. The van der Waals surface area contributed by atoms with Crippen molar-refractivity contribution in [2.45, 2.75) is 20.3 Å². The quantitative estimate of drug-likeness (QED) is 0.448. The van der Waals surface area contributed by atoms with E-state index in [4.69, 9.17) is 0 Å². The van der Waals surface area contributed by atoms with E-state index in [1.54, 1.807) is 6.20 Å². The van der Waals surface area contributed by atoms with Crippen molar-refractivity contribution >= 4 is 5.84 Å². The lowest BCUT2D eigenvalue weighted by Crippen LogP contribution is -2.19. The molecule has 0 rings (SSSR count). The molecule has 0 saturated heterocycles. The number of aliphatic imine (C=N–C) groups is 1. The molecule has 0 aliphatic rings. The number of nitrogens with zero attached hydrogens (tertiary/aromatic N) is 2. The number of hydrogen-bond donors (Lipinski definition) is 0. The molecule has 0 radical (unpaired) electrons. The molecular formula is C9H16N2. The summed E-state index contributed by atoms with van der Waals surface area (Å²) in [6.07, 6.45) is 2.64. The van der Waals surface area contributed by atoms with E-state index in [-0.39, 0.29) is 0 Å². The number of amidine groups is 1. The fourth-order valence-electron chi connectivity index (χ4n) is 0.733. The van der Waals surface area contributed by atoms with Crippen LogP contribution in [0.3, 0.4) is 0 Å². The van der Waals surface area contributed by atoms with Crippen LogP contribution < -0.4 is 0 Å². The summed E-state index contributed by atoms with van der Waals surface area (Å²) in [6, 6.07) is 0. The van der Waals surface area contributed by atoms with Gasteiger partial charge in [-0.2, -0.15) is 0 Å². The third-order valence-electron chi connectivity index (χ3n) is 1.32. The minimum atomic E-state index is 0.829. The van der Waals surface area contributed by atoms with Crippen molar-refractivity contribution in [2.24, 2.45) is 4.99 Å². The van der Waals surface area contributed by atoms with E-state index >= 15 is 0 Å². The van der Waals surface area contributed by atoms with Crippen LogP contribution in [0.25, 0.3) is 0 Å². The van der Waals surface area contributed by atoms with Crippen molar-refractivity contribution in [2.75, 3.05) is 7.05 Å². The van der Waals surface area contributed by atoms with E-state index in [2.05, 4.69) is 25.1 Å². The Hall–Kier alpha value is -1.05. The molecule has 0 aliphatic heterocycles. The van der Waals surface area contributed by atoms with Gasteiger partial charge in [0, 0.05) is 19.2 Å². The summed E-state index contributed by atoms with van der Waals surface area (Å²) in [4.78, 5) is 6.14. The Morgan fingerprint density at radius 1 is 1.64 bits per heavy atom. The highest BCUT2D eigenvalue weighted by atomic mass is 15.1. The summed E-state index contributed by atoms with van der Waals surface area (Å²) in [5.41, 5.74) is 0.829. The van der Waals surface area contributed by atoms with Crippen LogP contribution in [0.15, 0.2) is 30.0 Å². The summed E-state index contributed by atoms with van der Waals surface area (Å²) in [5.74, 6) is 0.993. The molecule has 62 valence electrons. The van der Waals surface area contributed by atoms with Gasteiger partial charge in [0.05, 0.1) is 0 Å². The summed E-state index contributed by atoms with van der Waals surface area (Å²) >= 11 is 0. The maximum atomic E-state index is 4.24. The Kier molecular flexibility index (Phi) is 4.27. The van der Waals surface area contributed by atoms with Gasteiger partial charge < -0.3 is 4.90 Å². The van der Waals surface area contributed by atoms with Crippen LogP contribution in [0.4, 0.5) is 0 Å². The first-order valence-corrected chi connectivity index (χ1v) is 3.70. The second-order valence-electron chi connectivity index (χ2n) is 2.41. The monoisotopic (exact) mass is 152 g/mol. The SMILES string of the molecule is C=CN(C)C(CC)=NC(=C)C. The Bertz CT molecular complexity index is 180. The number of allylic oxidation sites excluding steroid dienone is 1. The van der Waals surface area contributed by atoms with Crippen molar-refractivity contribution in [3.63, 3.8) is 0 Å². The maximum Gasteiger partial charge on any atom is 0.108 e.